The van der Waals surface area contributed by atoms with Crippen LogP contribution in [0, 0.1) is 11.6 Å². The number of carbonyl (C=O) groups excluding carboxylic acids is 2. The molecule has 0 aromatic heterocycles. The van der Waals surface area contributed by atoms with Gasteiger partial charge in [-0.2, -0.15) is 0 Å². The lowest BCUT2D eigenvalue weighted by Gasteiger charge is -2.07. The van der Waals surface area contributed by atoms with Gasteiger partial charge in [-0.3, -0.25) is 9.59 Å². The standard InChI is InChI=1S/C20H15F2NO3/c21-16-9-17(22)11-18(10-16)23-19(24)12-26-20(25)8-13-5-6-14-3-1-2-4-15(14)7-13/h1-7,9-11H,8,12H2,(H,23,24). The summed E-state index contributed by atoms with van der Waals surface area (Å²) in [6.07, 6.45) is 0.0205. The molecule has 4 nitrogen and oxygen atoms in total. The molecule has 3 aromatic rings. The van der Waals surface area contributed by atoms with Gasteiger partial charge in [-0.15, -0.1) is 0 Å². The Balaban J connectivity index is 1.53. The number of ether oxygens (including phenoxy) is 1. The second-order valence-electron chi connectivity index (χ2n) is 5.73. The van der Waals surface area contributed by atoms with Crippen LogP contribution < -0.4 is 5.32 Å². The maximum Gasteiger partial charge on any atom is 0.310 e. The van der Waals surface area contributed by atoms with Crippen LogP contribution in [0.15, 0.2) is 60.7 Å². The summed E-state index contributed by atoms with van der Waals surface area (Å²) in [6.45, 7) is -0.537. The van der Waals surface area contributed by atoms with Crippen LogP contribution in [0.5, 0.6) is 0 Å². The summed E-state index contributed by atoms with van der Waals surface area (Å²) in [4.78, 5) is 23.6. The Bertz CT molecular complexity index is 952. The summed E-state index contributed by atoms with van der Waals surface area (Å²) in [5.41, 5.74) is 0.722. The van der Waals surface area contributed by atoms with Crippen molar-refractivity contribution in [2.45, 2.75) is 6.42 Å². The number of fused-ring (bicyclic) bond motifs is 1. The summed E-state index contributed by atoms with van der Waals surface area (Å²) in [6, 6.07) is 16.0. The van der Waals surface area contributed by atoms with Crippen LogP contribution in [0.2, 0.25) is 0 Å². The van der Waals surface area contributed by atoms with E-state index in [1.54, 1.807) is 0 Å². The van der Waals surface area contributed by atoms with Crippen molar-refractivity contribution >= 4 is 28.3 Å². The fraction of sp³-hybridized carbons (Fsp3) is 0.100. The highest BCUT2D eigenvalue weighted by Crippen LogP contribution is 2.16. The highest BCUT2D eigenvalue weighted by Gasteiger charge is 2.10. The second-order valence-corrected chi connectivity index (χ2v) is 5.73. The van der Waals surface area contributed by atoms with E-state index in [0.717, 1.165) is 28.5 Å². The van der Waals surface area contributed by atoms with Crippen molar-refractivity contribution in [2.75, 3.05) is 11.9 Å². The Hall–Kier alpha value is -3.28. The largest absolute Gasteiger partial charge is 0.455 e. The zero-order valence-corrected chi connectivity index (χ0v) is 13.7. The quantitative estimate of drug-likeness (QED) is 0.708. The fourth-order valence-corrected chi connectivity index (χ4v) is 2.54. The lowest BCUT2D eigenvalue weighted by atomic mass is 10.1. The second kappa shape index (κ2) is 7.74. The van der Waals surface area contributed by atoms with E-state index < -0.39 is 30.1 Å². The first kappa shape index (κ1) is 17.5. The van der Waals surface area contributed by atoms with E-state index in [2.05, 4.69) is 5.32 Å². The molecule has 0 spiro atoms. The summed E-state index contributed by atoms with van der Waals surface area (Å²) in [5, 5.41) is 4.34. The molecule has 0 heterocycles. The molecule has 0 bridgehead atoms. The van der Waals surface area contributed by atoms with E-state index in [9.17, 15) is 18.4 Å². The van der Waals surface area contributed by atoms with E-state index >= 15 is 0 Å². The summed E-state index contributed by atoms with van der Waals surface area (Å²) in [5.74, 6) is -2.87. The van der Waals surface area contributed by atoms with Crippen LogP contribution in [0.1, 0.15) is 5.56 Å². The lowest BCUT2D eigenvalue weighted by Crippen LogP contribution is -2.21. The van der Waals surface area contributed by atoms with E-state index in [1.807, 2.05) is 42.5 Å². The van der Waals surface area contributed by atoms with Crippen LogP contribution in [0.25, 0.3) is 10.8 Å². The third-order valence-electron chi connectivity index (χ3n) is 3.67. The molecule has 26 heavy (non-hydrogen) atoms. The van der Waals surface area contributed by atoms with E-state index in [0.29, 0.717) is 6.07 Å². The molecule has 6 heteroatoms. The number of hydrogen-bond donors (Lipinski definition) is 1. The third-order valence-corrected chi connectivity index (χ3v) is 3.67. The molecule has 0 aliphatic carbocycles. The van der Waals surface area contributed by atoms with E-state index in [1.165, 1.54) is 0 Å². The van der Waals surface area contributed by atoms with Gasteiger partial charge in [-0.1, -0.05) is 42.5 Å². The highest BCUT2D eigenvalue weighted by molar-refractivity contribution is 5.93. The molecule has 0 atom stereocenters. The molecular weight excluding hydrogens is 340 g/mol. The van der Waals surface area contributed by atoms with Crippen molar-refractivity contribution in [3.8, 4) is 0 Å². The number of carbonyl (C=O) groups is 2. The minimum Gasteiger partial charge on any atom is -0.455 e. The molecule has 0 radical (unpaired) electrons. The first-order chi connectivity index (χ1) is 12.5. The smallest absolute Gasteiger partial charge is 0.310 e. The Morgan fingerprint density at radius 3 is 2.31 bits per heavy atom. The summed E-state index contributed by atoms with van der Waals surface area (Å²) in [7, 11) is 0. The van der Waals surface area contributed by atoms with Gasteiger partial charge in [-0.25, -0.2) is 8.78 Å². The van der Waals surface area contributed by atoms with Crippen molar-refractivity contribution < 1.29 is 23.1 Å². The average Bonchev–Trinajstić information content (AvgIpc) is 2.59. The van der Waals surface area contributed by atoms with Gasteiger partial charge >= 0.3 is 5.97 Å². The minimum atomic E-state index is -0.811. The van der Waals surface area contributed by atoms with Crippen LogP contribution in [-0.4, -0.2) is 18.5 Å². The fourth-order valence-electron chi connectivity index (χ4n) is 2.54. The molecule has 0 saturated heterocycles. The molecule has 3 rings (SSSR count). The molecule has 132 valence electrons. The SMILES string of the molecule is O=C(COC(=O)Cc1ccc2ccccc2c1)Nc1cc(F)cc(F)c1. The Morgan fingerprint density at radius 2 is 1.58 bits per heavy atom. The van der Waals surface area contributed by atoms with Crippen molar-refractivity contribution in [3.05, 3.63) is 77.9 Å². The monoisotopic (exact) mass is 355 g/mol. The molecule has 1 amide bonds. The first-order valence-electron chi connectivity index (χ1n) is 7.89. The number of benzene rings is 3. The van der Waals surface area contributed by atoms with Crippen LogP contribution in [0.3, 0.4) is 0 Å². The van der Waals surface area contributed by atoms with Crippen molar-refractivity contribution in [1.82, 2.24) is 0 Å². The Morgan fingerprint density at radius 1 is 0.885 bits per heavy atom. The molecule has 0 aliphatic rings. The zero-order chi connectivity index (χ0) is 18.5. The van der Waals surface area contributed by atoms with Gasteiger partial charge in [0, 0.05) is 11.8 Å². The molecule has 0 aliphatic heterocycles. The molecule has 3 aromatic carbocycles. The minimum absolute atomic E-state index is 0.0205. The van der Waals surface area contributed by atoms with Crippen molar-refractivity contribution in [3.63, 3.8) is 0 Å². The number of hydrogen-bond acceptors (Lipinski definition) is 3. The zero-order valence-electron chi connectivity index (χ0n) is 13.7. The van der Waals surface area contributed by atoms with E-state index in [-0.39, 0.29) is 12.1 Å². The van der Waals surface area contributed by atoms with Gasteiger partial charge in [0.2, 0.25) is 0 Å². The number of esters is 1. The molecule has 0 saturated carbocycles. The van der Waals surface area contributed by atoms with Gasteiger partial charge in [0.25, 0.3) is 5.91 Å². The Kier molecular flexibility index (Phi) is 5.22. The number of anilines is 1. The highest BCUT2D eigenvalue weighted by atomic mass is 19.1. The predicted octanol–water partition coefficient (Wildman–Crippen LogP) is 3.84. The first-order valence-corrected chi connectivity index (χ1v) is 7.89. The van der Waals surface area contributed by atoms with Gasteiger partial charge in [0.1, 0.15) is 11.6 Å². The van der Waals surface area contributed by atoms with Crippen LogP contribution in [0.4, 0.5) is 14.5 Å². The van der Waals surface area contributed by atoms with Crippen LogP contribution >= 0.6 is 0 Å². The summed E-state index contributed by atoms with van der Waals surface area (Å²) < 4.78 is 31.1. The number of halogens is 2. The maximum atomic E-state index is 13.1. The van der Waals surface area contributed by atoms with E-state index in [4.69, 9.17) is 4.74 Å². The Labute approximate surface area is 148 Å². The third kappa shape index (κ3) is 4.63. The van der Waals surface area contributed by atoms with Crippen molar-refractivity contribution in [2.24, 2.45) is 0 Å². The molecule has 0 fully saturated rings. The van der Waals surface area contributed by atoms with Gasteiger partial charge in [0.15, 0.2) is 6.61 Å². The van der Waals surface area contributed by atoms with Gasteiger partial charge < -0.3 is 10.1 Å². The topological polar surface area (TPSA) is 55.4 Å². The van der Waals surface area contributed by atoms with Gasteiger partial charge in [-0.05, 0) is 28.5 Å². The molecular formula is C20H15F2NO3. The van der Waals surface area contributed by atoms with Crippen LogP contribution in [-0.2, 0) is 20.7 Å². The predicted molar refractivity (Wildman–Crippen MR) is 93.6 cm³/mol. The summed E-state index contributed by atoms with van der Waals surface area (Å²) >= 11 is 0. The normalized spacial score (nSPS) is 10.5. The average molecular weight is 355 g/mol. The molecule has 1 N–H and O–H groups in total. The lowest BCUT2D eigenvalue weighted by molar-refractivity contribution is -0.146. The van der Waals surface area contributed by atoms with Crippen molar-refractivity contribution in [1.29, 1.82) is 0 Å². The molecule has 0 unspecified atom stereocenters. The van der Waals surface area contributed by atoms with Gasteiger partial charge in [0.05, 0.1) is 6.42 Å². The maximum absolute atomic E-state index is 13.1. The number of rotatable bonds is 5. The number of amides is 1. The number of nitrogens with one attached hydrogen (secondary N) is 1.